The van der Waals surface area contributed by atoms with Crippen molar-refractivity contribution in [2.24, 2.45) is 5.92 Å². The molecule has 1 aliphatic heterocycles. The molecule has 0 amide bonds. The number of aliphatic carboxylic acids is 1. The molecule has 0 aliphatic carbocycles. The number of likely N-dealkylation sites (tertiary alicyclic amines) is 1. The van der Waals surface area contributed by atoms with Crippen molar-refractivity contribution in [1.82, 2.24) is 15.0 Å². The van der Waals surface area contributed by atoms with E-state index in [0.717, 1.165) is 24.9 Å². The Morgan fingerprint density at radius 3 is 2.91 bits per heavy atom. The van der Waals surface area contributed by atoms with Gasteiger partial charge in [0.2, 0.25) is 11.7 Å². The van der Waals surface area contributed by atoms with Gasteiger partial charge >= 0.3 is 5.97 Å². The van der Waals surface area contributed by atoms with Crippen LogP contribution in [0.2, 0.25) is 0 Å². The van der Waals surface area contributed by atoms with Crippen LogP contribution in [-0.4, -0.2) is 39.2 Å². The van der Waals surface area contributed by atoms with Crippen molar-refractivity contribution in [3.8, 4) is 11.4 Å². The van der Waals surface area contributed by atoms with E-state index in [1.165, 1.54) is 5.56 Å². The topological polar surface area (TPSA) is 79.5 Å². The largest absolute Gasteiger partial charge is 0.481 e. The summed E-state index contributed by atoms with van der Waals surface area (Å²) in [6.45, 7) is 3.94. The van der Waals surface area contributed by atoms with Gasteiger partial charge in [0, 0.05) is 12.1 Å². The highest BCUT2D eigenvalue weighted by Gasteiger charge is 2.26. The Morgan fingerprint density at radius 1 is 1.41 bits per heavy atom. The smallest absolute Gasteiger partial charge is 0.307 e. The molecule has 0 bridgehead atoms. The molecule has 1 aromatic heterocycles. The summed E-state index contributed by atoms with van der Waals surface area (Å²) in [5.74, 6) is 0.0761. The van der Waals surface area contributed by atoms with Crippen LogP contribution in [0.3, 0.4) is 0 Å². The van der Waals surface area contributed by atoms with Crippen molar-refractivity contribution in [2.45, 2.75) is 26.3 Å². The highest BCUT2D eigenvalue weighted by atomic mass is 16.5. The number of rotatable bonds is 4. The molecule has 1 saturated heterocycles. The van der Waals surface area contributed by atoms with E-state index in [1.807, 2.05) is 31.2 Å². The highest BCUT2D eigenvalue weighted by Crippen LogP contribution is 2.20. The summed E-state index contributed by atoms with van der Waals surface area (Å²) in [7, 11) is 0. The first-order chi connectivity index (χ1) is 10.6. The van der Waals surface area contributed by atoms with Gasteiger partial charge in [0.25, 0.3) is 0 Å². The minimum absolute atomic E-state index is 0.298. The Kier molecular flexibility index (Phi) is 4.20. The molecule has 116 valence electrons. The number of piperidine rings is 1. The molecular weight excluding hydrogens is 282 g/mol. The first-order valence-electron chi connectivity index (χ1n) is 7.46. The number of aromatic nitrogens is 2. The Bertz CT molecular complexity index is 651. The molecule has 0 saturated carbocycles. The van der Waals surface area contributed by atoms with Crippen LogP contribution in [0.25, 0.3) is 11.4 Å². The lowest BCUT2D eigenvalue weighted by Crippen LogP contribution is -2.38. The number of aryl methyl sites for hydroxylation is 1. The van der Waals surface area contributed by atoms with E-state index < -0.39 is 5.97 Å². The molecule has 22 heavy (non-hydrogen) atoms. The molecule has 1 fully saturated rings. The van der Waals surface area contributed by atoms with Gasteiger partial charge in [-0.2, -0.15) is 4.98 Å². The summed E-state index contributed by atoms with van der Waals surface area (Å²) in [5, 5.41) is 13.1. The maximum absolute atomic E-state index is 11.1. The molecule has 1 atom stereocenters. The fourth-order valence-electron chi connectivity index (χ4n) is 2.73. The normalized spacial score (nSPS) is 19.2. The van der Waals surface area contributed by atoms with E-state index in [9.17, 15) is 4.79 Å². The van der Waals surface area contributed by atoms with Crippen LogP contribution >= 0.6 is 0 Å². The van der Waals surface area contributed by atoms with Gasteiger partial charge in [-0.25, -0.2) is 0 Å². The van der Waals surface area contributed by atoms with Gasteiger partial charge in [0.05, 0.1) is 12.5 Å². The zero-order chi connectivity index (χ0) is 15.5. The standard InChI is InChI=1S/C16H19N3O3/c1-11-4-6-12(7-5-11)15-17-14(22-18-15)10-19-8-2-3-13(9-19)16(20)21/h4-7,13H,2-3,8-10H2,1H3,(H,20,21)/t13-/m1/s1. The summed E-state index contributed by atoms with van der Waals surface area (Å²) < 4.78 is 5.30. The quantitative estimate of drug-likeness (QED) is 0.933. The molecule has 0 radical (unpaired) electrons. The second-order valence-electron chi connectivity index (χ2n) is 5.79. The molecule has 3 rings (SSSR count). The van der Waals surface area contributed by atoms with Crippen molar-refractivity contribution in [2.75, 3.05) is 13.1 Å². The average molecular weight is 301 g/mol. The van der Waals surface area contributed by atoms with E-state index in [-0.39, 0.29) is 5.92 Å². The van der Waals surface area contributed by atoms with Crippen molar-refractivity contribution in [1.29, 1.82) is 0 Å². The number of hydrogen-bond donors (Lipinski definition) is 1. The van der Waals surface area contributed by atoms with E-state index in [2.05, 4.69) is 15.0 Å². The first kappa shape index (κ1) is 14.7. The van der Waals surface area contributed by atoms with E-state index in [1.54, 1.807) is 0 Å². The van der Waals surface area contributed by atoms with Crippen LogP contribution in [0.5, 0.6) is 0 Å². The number of nitrogens with zero attached hydrogens (tertiary/aromatic N) is 3. The lowest BCUT2D eigenvalue weighted by Gasteiger charge is -2.29. The lowest BCUT2D eigenvalue weighted by molar-refractivity contribution is -0.143. The van der Waals surface area contributed by atoms with E-state index >= 15 is 0 Å². The number of carboxylic acids is 1. The fourth-order valence-corrected chi connectivity index (χ4v) is 2.73. The third kappa shape index (κ3) is 3.33. The van der Waals surface area contributed by atoms with Crippen LogP contribution in [0.4, 0.5) is 0 Å². The molecule has 1 aromatic carbocycles. The van der Waals surface area contributed by atoms with Crippen molar-refractivity contribution in [3.63, 3.8) is 0 Å². The Hall–Kier alpha value is -2.21. The number of carbonyl (C=O) groups is 1. The SMILES string of the molecule is Cc1ccc(-c2noc(CN3CCC[C@@H](C(=O)O)C3)n2)cc1. The monoisotopic (exact) mass is 301 g/mol. The molecule has 1 N–H and O–H groups in total. The summed E-state index contributed by atoms with van der Waals surface area (Å²) in [5.41, 5.74) is 2.10. The second-order valence-corrected chi connectivity index (χ2v) is 5.79. The third-order valence-corrected chi connectivity index (χ3v) is 3.99. The van der Waals surface area contributed by atoms with Crippen molar-refractivity contribution >= 4 is 5.97 Å². The predicted molar refractivity (Wildman–Crippen MR) is 80.1 cm³/mol. The predicted octanol–water partition coefficient (Wildman–Crippen LogP) is 2.34. The fraction of sp³-hybridized carbons (Fsp3) is 0.438. The van der Waals surface area contributed by atoms with Crippen LogP contribution in [0.1, 0.15) is 24.3 Å². The van der Waals surface area contributed by atoms with E-state index in [4.69, 9.17) is 9.63 Å². The molecule has 2 heterocycles. The molecule has 6 heteroatoms. The lowest BCUT2D eigenvalue weighted by atomic mass is 9.98. The van der Waals surface area contributed by atoms with Gasteiger partial charge in [-0.05, 0) is 26.3 Å². The molecule has 2 aromatic rings. The van der Waals surface area contributed by atoms with E-state index in [0.29, 0.717) is 24.8 Å². The number of benzene rings is 1. The molecule has 6 nitrogen and oxygen atoms in total. The molecule has 0 unspecified atom stereocenters. The molecular formula is C16H19N3O3. The van der Waals surface area contributed by atoms with Gasteiger partial charge in [-0.15, -0.1) is 0 Å². The first-order valence-corrected chi connectivity index (χ1v) is 7.46. The van der Waals surface area contributed by atoms with Crippen LogP contribution in [0.15, 0.2) is 28.8 Å². The van der Waals surface area contributed by atoms with Gasteiger partial charge in [0.15, 0.2) is 0 Å². The summed E-state index contributed by atoms with van der Waals surface area (Å²) in [4.78, 5) is 17.6. The number of carboxylic acid groups (broad SMARTS) is 1. The highest BCUT2D eigenvalue weighted by molar-refractivity contribution is 5.70. The third-order valence-electron chi connectivity index (χ3n) is 3.99. The van der Waals surface area contributed by atoms with Gasteiger partial charge < -0.3 is 9.63 Å². The zero-order valence-electron chi connectivity index (χ0n) is 12.5. The Labute approximate surface area is 128 Å². The van der Waals surface area contributed by atoms with Gasteiger partial charge in [-0.1, -0.05) is 35.0 Å². The Balaban J connectivity index is 1.66. The summed E-state index contributed by atoms with van der Waals surface area (Å²) in [6.07, 6.45) is 1.63. The maximum atomic E-state index is 11.1. The average Bonchev–Trinajstić information content (AvgIpc) is 2.96. The Morgan fingerprint density at radius 2 is 2.18 bits per heavy atom. The zero-order valence-corrected chi connectivity index (χ0v) is 12.5. The maximum Gasteiger partial charge on any atom is 0.307 e. The number of hydrogen-bond acceptors (Lipinski definition) is 5. The van der Waals surface area contributed by atoms with Crippen LogP contribution < -0.4 is 0 Å². The minimum Gasteiger partial charge on any atom is -0.481 e. The van der Waals surface area contributed by atoms with Crippen LogP contribution in [0, 0.1) is 12.8 Å². The van der Waals surface area contributed by atoms with Gasteiger partial charge in [0.1, 0.15) is 0 Å². The summed E-state index contributed by atoms with van der Waals surface area (Å²) in [6, 6.07) is 7.94. The minimum atomic E-state index is -0.726. The van der Waals surface area contributed by atoms with Gasteiger partial charge in [-0.3, -0.25) is 9.69 Å². The van der Waals surface area contributed by atoms with Crippen molar-refractivity contribution < 1.29 is 14.4 Å². The molecule has 0 spiro atoms. The summed E-state index contributed by atoms with van der Waals surface area (Å²) >= 11 is 0. The van der Waals surface area contributed by atoms with Crippen LogP contribution in [-0.2, 0) is 11.3 Å². The van der Waals surface area contributed by atoms with Crippen molar-refractivity contribution in [3.05, 3.63) is 35.7 Å². The molecule has 1 aliphatic rings. The second kappa shape index (κ2) is 6.27.